The zero-order chi connectivity index (χ0) is 27.0. The molecule has 3 fully saturated rings. The van der Waals surface area contributed by atoms with Gasteiger partial charge in [0.15, 0.2) is 0 Å². The van der Waals surface area contributed by atoms with E-state index in [1.807, 2.05) is 17.9 Å². The molecule has 9 nitrogen and oxygen atoms in total. The largest absolute Gasteiger partial charge is 0.368 e. The maximum atomic E-state index is 13.8. The summed E-state index contributed by atoms with van der Waals surface area (Å²) in [6.45, 7) is 8.45. The first-order valence-corrected chi connectivity index (χ1v) is 14.9. The van der Waals surface area contributed by atoms with Crippen LogP contribution in [0.2, 0.25) is 0 Å². The van der Waals surface area contributed by atoms with Gasteiger partial charge in [-0.2, -0.15) is 0 Å². The Labute approximate surface area is 233 Å². The Hall–Kier alpha value is -3.24. The summed E-state index contributed by atoms with van der Waals surface area (Å²) >= 11 is 1.45. The molecule has 2 N–H and O–H groups in total. The second kappa shape index (κ2) is 10.7. The second-order valence-corrected chi connectivity index (χ2v) is 12.0. The number of primary amides is 1. The number of benzene rings is 1. The Morgan fingerprint density at radius 1 is 0.872 bits per heavy atom. The average molecular weight is 548 g/mol. The number of hydrogen-bond acceptors (Lipinski definition) is 8. The number of fused-ring (bicyclic) bond motifs is 1. The molecule has 0 spiro atoms. The molecule has 3 aliphatic heterocycles. The Balaban J connectivity index is 1.19. The van der Waals surface area contributed by atoms with Crippen molar-refractivity contribution in [1.29, 1.82) is 0 Å². The molecule has 10 heteroatoms. The van der Waals surface area contributed by atoms with Gasteiger partial charge in [0.25, 0.3) is 5.91 Å². The summed E-state index contributed by atoms with van der Waals surface area (Å²) in [5.41, 5.74) is 7.52. The van der Waals surface area contributed by atoms with Gasteiger partial charge in [-0.05, 0) is 63.4 Å². The molecule has 0 unspecified atom stereocenters. The Kier molecular flexibility index (Phi) is 7.16. The van der Waals surface area contributed by atoms with Crippen LogP contribution < -0.4 is 15.5 Å². The molecule has 0 bridgehead atoms. The van der Waals surface area contributed by atoms with Gasteiger partial charge in [-0.3, -0.25) is 14.5 Å². The van der Waals surface area contributed by atoms with E-state index in [1.165, 1.54) is 23.4 Å². The Morgan fingerprint density at radius 2 is 1.54 bits per heavy atom. The van der Waals surface area contributed by atoms with Crippen molar-refractivity contribution < 1.29 is 9.59 Å². The topological polar surface area (TPSA) is 98.9 Å². The van der Waals surface area contributed by atoms with Crippen LogP contribution in [0.25, 0.3) is 10.2 Å². The molecule has 3 aromatic rings. The zero-order valence-electron chi connectivity index (χ0n) is 22.6. The minimum Gasteiger partial charge on any atom is -0.368 e. The van der Waals surface area contributed by atoms with Crippen LogP contribution in [0.1, 0.15) is 47.3 Å². The summed E-state index contributed by atoms with van der Waals surface area (Å²) in [5, 5.41) is 0.982. The number of piperazine rings is 1. The molecule has 0 saturated carbocycles. The van der Waals surface area contributed by atoms with Crippen LogP contribution in [-0.4, -0.2) is 89.5 Å². The number of piperidine rings is 2. The van der Waals surface area contributed by atoms with Crippen molar-refractivity contribution in [1.82, 2.24) is 19.8 Å². The fourth-order valence-corrected chi connectivity index (χ4v) is 7.69. The van der Waals surface area contributed by atoms with Gasteiger partial charge in [-0.15, -0.1) is 11.3 Å². The zero-order valence-corrected chi connectivity index (χ0v) is 23.5. The van der Waals surface area contributed by atoms with E-state index in [0.717, 1.165) is 78.6 Å². The first-order chi connectivity index (χ1) is 19.0. The lowest BCUT2D eigenvalue weighted by Gasteiger charge is -2.48. The minimum atomic E-state index is -0.632. The fraction of sp³-hybridized carbons (Fsp3) is 0.517. The second-order valence-electron chi connectivity index (χ2n) is 11.0. The van der Waals surface area contributed by atoms with E-state index >= 15 is 0 Å². The number of likely N-dealkylation sites (tertiary alicyclic amines) is 2. The van der Waals surface area contributed by atoms with Crippen LogP contribution in [0.5, 0.6) is 0 Å². The highest BCUT2D eigenvalue weighted by atomic mass is 32.1. The highest BCUT2D eigenvalue weighted by Gasteiger charge is 2.46. The molecule has 2 aromatic heterocycles. The lowest BCUT2D eigenvalue weighted by molar-refractivity contribution is -0.134. The molecule has 39 heavy (non-hydrogen) atoms. The quantitative estimate of drug-likeness (QED) is 0.524. The molecule has 206 valence electrons. The molecule has 2 amide bonds. The van der Waals surface area contributed by atoms with Crippen molar-refractivity contribution in [2.75, 3.05) is 62.2 Å². The van der Waals surface area contributed by atoms with Crippen molar-refractivity contribution in [3.05, 3.63) is 47.1 Å². The fourth-order valence-electron chi connectivity index (χ4n) is 6.58. The summed E-state index contributed by atoms with van der Waals surface area (Å²) in [7, 11) is 0. The summed E-state index contributed by atoms with van der Waals surface area (Å²) in [6, 6.07) is 10.5. The number of rotatable bonds is 5. The monoisotopic (exact) mass is 547 g/mol. The first kappa shape index (κ1) is 26.0. The summed E-state index contributed by atoms with van der Waals surface area (Å²) in [6.07, 6.45) is 6.21. The maximum Gasteiger partial charge on any atom is 0.264 e. The molecule has 0 radical (unpaired) electrons. The van der Waals surface area contributed by atoms with Crippen molar-refractivity contribution in [2.45, 2.75) is 44.6 Å². The number of amides is 2. The van der Waals surface area contributed by atoms with Crippen LogP contribution in [-0.2, 0) is 4.79 Å². The molecular formula is C29H37N7O2S. The summed E-state index contributed by atoms with van der Waals surface area (Å²) in [5.74, 6) is 0.686. The molecular weight excluding hydrogens is 510 g/mol. The van der Waals surface area contributed by atoms with Gasteiger partial charge in [0.2, 0.25) is 5.91 Å². The van der Waals surface area contributed by atoms with Crippen LogP contribution in [0, 0.1) is 6.92 Å². The van der Waals surface area contributed by atoms with E-state index in [0.29, 0.717) is 25.9 Å². The lowest BCUT2D eigenvalue weighted by Crippen LogP contribution is -2.63. The van der Waals surface area contributed by atoms with Crippen LogP contribution >= 0.6 is 11.3 Å². The highest BCUT2D eigenvalue weighted by molar-refractivity contribution is 7.20. The van der Waals surface area contributed by atoms with Crippen LogP contribution in [0.15, 0.2) is 36.7 Å². The molecule has 0 aliphatic carbocycles. The standard InChI is InChI=1S/C29H37N7O2S/c1-21-23-25(34-18-16-33(17-19-34)22-8-4-2-5-9-22)31-20-32-26(23)39-24(21)27(37)35-14-10-29(11-15-35,28(30)38)36-12-6-3-7-13-36/h2,4-5,8-9,20H,3,6-7,10-19H2,1H3,(H2,30,38). The van der Waals surface area contributed by atoms with Crippen LogP contribution in [0.3, 0.4) is 0 Å². The van der Waals surface area contributed by atoms with Gasteiger partial charge in [0, 0.05) is 45.0 Å². The van der Waals surface area contributed by atoms with Gasteiger partial charge in [-0.25, -0.2) is 9.97 Å². The van der Waals surface area contributed by atoms with Crippen molar-refractivity contribution >= 4 is 44.9 Å². The predicted molar refractivity (Wildman–Crippen MR) is 156 cm³/mol. The third-order valence-electron chi connectivity index (χ3n) is 8.90. The Morgan fingerprint density at radius 3 is 2.21 bits per heavy atom. The molecule has 0 atom stereocenters. The highest BCUT2D eigenvalue weighted by Crippen LogP contribution is 2.38. The number of aromatic nitrogens is 2. The molecule has 3 saturated heterocycles. The van der Waals surface area contributed by atoms with Crippen molar-refractivity contribution in [2.24, 2.45) is 5.73 Å². The predicted octanol–water partition coefficient (Wildman–Crippen LogP) is 3.27. The molecule has 5 heterocycles. The van der Waals surface area contributed by atoms with E-state index < -0.39 is 5.54 Å². The number of hydrogen-bond donors (Lipinski definition) is 1. The average Bonchev–Trinajstić information content (AvgIpc) is 3.34. The first-order valence-electron chi connectivity index (χ1n) is 14.1. The van der Waals surface area contributed by atoms with Crippen molar-refractivity contribution in [3.63, 3.8) is 0 Å². The number of para-hydroxylation sites is 1. The lowest BCUT2D eigenvalue weighted by atomic mass is 9.83. The van der Waals surface area contributed by atoms with E-state index in [9.17, 15) is 9.59 Å². The molecule has 6 rings (SSSR count). The smallest absolute Gasteiger partial charge is 0.264 e. The van der Waals surface area contributed by atoms with Crippen LogP contribution in [0.4, 0.5) is 11.5 Å². The SMILES string of the molecule is Cc1c(C(=O)N2CCC(C(N)=O)(N3CCCCC3)CC2)sc2ncnc(N3CCN(c4ccccc4)CC3)c12. The Bertz CT molecular complexity index is 1340. The third kappa shape index (κ3) is 4.74. The van der Waals surface area contributed by atoms with Gasteiger partial charge in [-0.1, -0.05) is 24.6 Å². The third-order valence-corrected chi connectivity index (χ3v) is 10.1. The van der Waals surface area contributed by atoms with E-state index in [1.54, 1.807) is 6.33 Å². The van der Waals surface area contributed by atoms with Gasteiger partial charge in [0.1, 0.15) is 22.5 Å². The number of anilines is 2. The number of carbonyl (C=O) groups excluding carboxylic acids is 2. The number of nitrogens with zero attached hydrogens (tertiary/aromatic N) is 6. The van der Waals surface area contributed by atoms with E-state index in [2.05, 4.69) is 48.9 Å². The van der Waals surface area contributed by atoms with Gasteiger partial charge in [0.05, 0.1) is 10.3 Å². The van der Waals surface area contributed by atoms with Gasteiger partial charge >= 0.3 is 0 Å². The normalized spacial score (nSPS) is 20.4. The number of thiophene rings is 1. The minimum absolute atomic E-state index is 0.0204. The summed E-state index contributed by atoms with van der Waals surface area (Å²) < 4.78 is 0. The summed E-state index contributed by atoms with van der Waals surface area (Å²) in [4.78, 5) is 46.1. The number of aryl methyl sites for hydroxylation is 1. The molecule has 3 aliphatic rings. The van der Waals surface area contributed by atoms with E-state index in [-0.39, 0.29) is 11.8 Å². The maximum absolute atomic E-state index is 13.8. The van der Waals surface area contributed by atoms with Gasteiger partial charge < -0.3 is 20.4 Å². The van der Waals surface area contributed by atoms with E-state index in [4.69, 9.17) is 5.73 Å². The number of carbonyl (C=O) groups is 2. The number of nitrogens with two attached hydrogens (primary N) is 1. The van der Waals surface area contributed by atoms with Crippen molar-refractivity contribution in [3.8, 4) is 0 Å². The molecule has 1 aromatic carbocycles.